The van der Waals surface area contributed by atoms with Gasteiger partial charge in [0.25, 0.3) is 0 Å². The number of allylic oxidation sites excluding steroid dienone is 1. The first-order valence-corrected chi connectivity index (χ1v) is 23.0. The summed E-state index contributed by atoms with van der Waals surface area (Å²) in [6.45, 7) is 0. The molecule has 12 aromatic rings. The Balaban J connectivity index is 0.951. The molecule has 1 aromatic heterocycles. The van der Waals surface area contributed by atoms with Crippen LogP contribution in [0.1, 0.15) is 16.7 Å². The van der Waals surface area contributed by atoms with Gasteiger partial charge in [0, 0.05) is 22.0 Å². The Hall–Kier alpha value is -8.79. The van der Waals surface area contributed by atoms with E-state index >= 15 is 0 Å². The van der Waals surface area contributed by atoms with Crippen LogP contribution in [0.2, 0.25) is 0 Å². The molecular weight excluding hydrogens is 811 g/mol. The first-order valence-electron chi connectivity index (χ1n) is 23.0. The van der Waals surface area contributed by atoms with Crippen LogP contribution in [-0.2, 0) is 6.42 Å². The van der Waals surface area contributed by atoms with Crippen LogP contribution in [0.4, 0.5) is 0 Å². The van der Waals surface area contributed by atoms with Gasteiger partial charge in [0.15, 0.2) is 0 Å². The van der Waals surface area contributed by atoms with E-state index in [1.54, 1.807) is 0 Å². The van der Waals surface area contributed by atoms with Gasteiger partial charge in [0.1, 0.15) is 5.84 Å². The van der Waals surface area contributed by atoms with Gasteiger partial charge in [0.05, 0.1) is 16.7 Å². The number of aromatic nitrogens is 1. The summed E-state index contributed by atoms with van der Waals surface area (Å²) in [4.78, 5) is 5.14. The molecule has 12 rings (SSSR count). The highest BCUT2D eigenvalue weighted by Crippen LogP contribution is 2.46. The molecule has 0 bridgehead atoms. The number of para-hydroxylation sites is 2. The summed E-state index contributed by atoms with van der Waals surface area (Å²) in [5, 5.41) is 9.89. The van der Waals surface area contributed by atoms with Gasteiger partial charge < -0.3 is 10.3 Å². The van der Waals surface area contributed by atoms with Crippen molar-refractivity contribution in [2.24, 2.45) is 10.7 Å². The van der Waals surface area contributed by atoms with Crippen molar-refractivity contribution in [1.82, 2.24) is 4.57 Å². The quantitative estimate of drug-likeness (QED) is 0.0668. The summed E-state index contributed by atoms with van der Waals surface area (Å²) in [5.41, 5.74) is 21.5. The maximum Gasteiger partial charge on any atom is 0.131 e. The number of nitrogens with two attached hydrogens (primary N) is 1. The SMILES string of the molecule is NC(=N/C(=C\Cc1cccc(-c2ccc3c(c2)c2ccccc2n3-c2ccccc2)c1)c1ccc(-c2c3ccccc3c(-c3ccccc3)c3ccc4ccccc4c23)cc1)c1ccccc1. The molecule has 0 spiro atoms. The maximum absolute atomic E-state index is 6.79. The van der Waals surface area contributed by atoms with Gasteiger partial charge in [-0.05, 0) is 114 Å². The number of nitrogens with zero attached hydrogens (tertiary/aromatic N) is 2. The third kappa shape index (κ3) is 7.24. The molecule has 0 radical (unpaired) electrons. The third-order valence-electron chi connectivity index (χ3n) is 13.2. The van der Waals surface area contributed by atoms with Crippen LogP contribution in [0, 0.1) is 0 Å². The van der Waals surface area contributed by atoms with Gasteiger partial charge in [-0.1, -0.05) is 218 Å². The molecule has 0 aliphatic carbocycles. The molecule has 0 aliphatic heterocycles. The largest absolute Gasteiger partial charge is 0.383 e. The molecule has 316 valence electrons. The average molecular weight is 856 g/mol. The van der Waals surface area contributed by atoms with Gasteiger partial charge in [-0.3, -0.25) is 0 Å². The van der Waals surface area contributed by atoms with E-state index < -0.39 is 0 Å². The van der Waals surface area contributed by atoms with Crippen molar-refractivity contribution < 1.29 is 0 Å². The number of hydrogen-bond donors (Lipinski definition) is 1. The fraction of sp³-hybridized carbons (Fsp3) is 0.0156. The fourth-order valence-corrected chi connectivity index (χ4v) is 10.1. The predicted molar refractivity (Wildman–Crippen MR) is 285 cm³/mol. The van der Waals surface area contributed by atoms with Crippen LogP contribution in [0.3, 0.4) is 0 Å². The molecule has 67 heavy (non-hydrogen) atoms. The van der Waals surface area contributed by atoms with E-state index in [0.29, 0.717) is 12.3 Å². The molecule has 11 aromatic carbocycles. The summed E-state index contributed by atoms with van der Waals surface area (Å²) in [6.07, 6.45) is 2.89. The number of aliphatic imine (C=N–C) groups is 1. The van der Waals surface area contributed by atoms with Crippen molar-refractivity contribution in [3.05, 3.63) is 265 Å². The van der Waals surface area contributed by atoms with Gasteiger partial charge in [-0.2, -0.15) is 0 Å². The third-order valence-corrected chi connectivity index (χ3v) is 13.2. The van der Waals surface area contributed by atoms with Crippen LogP contribution in [0.5, 0.6) is 0 Å². The van der Waals surface area contributed by atoms with Crippen LogP contribution in [0.25, 0.3) is 98.9 Å². The Morgan fingerprint density at radius 1 is 0.403 bits per heavy atom. The highest BCUT2D eigenvalue weighted by atomic mass is 15.0. The zero-order valence-electron chi connectivity index (χ0n) is 36.9. The number of hydrogen-bond acceptors (Lipinski definition) is 1. The predicted octanol–water partition coefficient (Wildman–Crippen LogP) is 16.2. The minimum atomic E-state index is 0.479. The zero-order chi connectivity index (χ0) is 44.7. The minimum Gasteiger partial charge on any atom is -0.383 e. The van der Waals surface area contributed by atoms with E-state index in [1.165, 1.54) is 87.5 Å². The maximum atomic E-state index is 6.79. The molecule has 0 fully saturated rings. The van der Waals surface area contributed by atoms with Crippen molar-refractivity contribution in [2.75, 3.05) is 0 Å². The molecule has 3 nitrogen and oxygen atoms in total. The number of amidine groups is 1. The molecule has 2 N–H and O–H groups in total. The van der Waals surface area contributed by atoms with Crippen molar-refractivity contribution in [3.63, 3.8) is 0 Å². The fourth-order valence-electron chi connectivity index (χ4n) is 10.1. The molecule has 0 aliphatic rings. The van der Waals surface area contributed by atoms with Crippen molar-refractivity contribution in [3.8, 4) is 39.1 Å². The molecule has 0 saturated heterocycles. The molecule has 0 amide bonds. The lowest BCUT2D eigenvalue weighted by atomic mass is 9.84. The lowest BCUT2D eigenvalue weighted by molar-refractivity contribution is 1.18. The first kappa shape index (κ1) is 39.8. The summed E-state index contributed by atoms with van der Waals surface area (Å²) < 4.78 is 2.36. The van der Waals surface area contributed by atoms with E-state index in [9.17, 15) is 0 Å². The minimum absolute atomic E-state index is 0.479. The average Bonchev–Trinajstić information content (AvgIpc) is 3.73. The second-order valence-electron chi connectivity index (χ2n) is 17.2. The molecular formula is C64H45N3. The molecule has 3 heteroatoms. The Morgan fingerprint density at radius 3 is 1.76 bits per heavy atom. The smallest absolute Gasteiger partial charge is 0.131 e. The zero-order valence-corrected chi connectivity index (χ0v) is 36.9. The van der Waals surface area contributed by atoms with Crippen LogP contribution in [-0.4, -0.2) is 10.4 Å². The number of fused-ring (bicyclic) bond motifs is 7. The first-order chi connectivity index (χ1) is 33.2. The summed E-state index contributed by atoms with van der Waals surface area (Å²) in [5.74, 6) is 0.479. The van der Waals surface area contributed by atoms with Crippen molar-refractivity contribution in [2.45, 2.75) is 6.42 Å². The van der Waals surface area contributed by atoms with E-state index in [1.807, 2.05) is 30.3 Å². The van der Waals surface area contributed by atoms with E-state index in [0.717, 1.165) is 28.1 Å². The molecule has 0 unspecified atom stereocenters. The normalized spacial score (nSPS) is 12.2. The van der Waals surface area contributed by atoms with Gasteiger partial charge >= 0.3 is 0 Å². The monoisotopic (exact) mass is 855 g/mol. The molecule has 0 atom stereocenters. The van der Waals surface area contributed by atoms with Gasteiger partial charge in [-0.15, -0.1) is 0 Å². The lowest BCUT2D eigenvalue weighted by Crippen LogP contribution is -2.13. The summed E-state index contributed by atoms with van der Waals surface area (Å²) in [6, 6.07) is 86.9. The topological polar surface area (TPSA) is 43.3 Å². The second kappa shape index (κ2) is 17.0. The van der Waals surface area contributed by atoms with E-state index in [4.69, 9.17) is 10.7 Å². The standard InChI is InChI=1S/C64H45N3/c65-64(48-21-6-2-7-22-48)66-58(39-31-43-17-16-23-49(41-43)50-37-40-60-57(42-50)53-27-14-15-30-59(53)67(60)51-24-8-3-9-25-51)45-32-34-47(35-33-45)62-55-29-13-12-28-54(55)61(46-19-4-1-5-20-46)56-38-36-44-18-10-11-26-52(44)63(56)62/h1-30,32-42H,31H2,(H2,65,66)/b58-39-. The Bertz CT molecular complexity index is 3860. The van der Waals surface area contributed by atoms with Crippen molar-refractivity contribution >= 4 is 65.7 Å². The van der Waals surface area contributed by atoms with Crippen LogP contribution in [0.15, 0.2) is 254 Å². The highest BCUT2D eigenvalue weighted by molar-refractivity contribution is 6.28. The highest BCUT2D eigenvalue weighted by Gasteiger charge is 2.19. The number of rotatable bonds is 9. The van der Waals surface area contributed by atoms with Gasteiger partial charge in [0.2, 0.25) is 0 Å². The molecule has 0 saturated carbocycles. The van der Waals surface area contributed by atoms with Crippen molar-refractivity contribution in [1.29, 1.82) is 0 Å². The Morgan fingerprint density at radius 2 is 0.985 bits per heavy atom. The van der Waals surface area contributed by atoms with Crippen LogP contribution < -0.4 is 5.73 Å². The molecule has 1 heterocycles. The lowest BCUT2D eigenvalue weighted by Gasteiger charge is -2.19. The summed E-state index contributed by atoms with van der Waals surface area (Å²) >= 11 is 0. The van der Waals surface area contributed by atoms with Gasteiger partial charge in [-0.25, -0.2) is 4.99 Å². The second-order valence-corrected chi connectivity index (χ2v) is 17.2. The Labute approximate surface area is 390 Å². The van der Waals surface area contributed by atoms with E-state index in [2.05, 4.69) is 223 Å². The van der Waals surface area contributed by atoms with E-state index in [-0.39, 0.29) is 0 Å². The Kier molecular flexibility index (Phi) is 10.1. The van der Waals surface area contributed by atoms with Crippen LogP contribution >= 0.6 is 0 Å². The summed E-state index contributed by atoms with van der Waals surface area (Å²) in [7, 11) is 0. The number of benzene rings is 11.